The highest BCUT2D eigenvalue weighted by Gasteiger charge is 2.11. The SMILES string of the molecule is CCn1nccc1C(N)Cc1ccc(Cl)cc1. The van der Waals surface area contributed by atoms with E-state index >= 15 is 0 Å². The maximum Gasteiger partial charge on any atom is 0.0554 e. The highest BCUT2D eigenvalue weighted by Crippen LogP contribution is 2.17. The average Bonchev–Trinajstić information content (AvgIpc) is 2.80. The Hall–Kier alpha value is -1.32. The molecule has 0 radical (unpaired) electrons. The van der Waals surface area contributed by atoms with Gasteiger partial charge in [0.05, 0.1) is 11.7 Å². The summed E-state index contributed by atoms with van der Waals surface area (Å²) in [6.45, 7) is 2.90. The Morgan fingerprint density at radius 3 is 2.65 bits per heavy atom. The number of nitrogens with zero attached hydrogens (tertiary/aromatic N) is 2. The van der Waals surface area contributed by atoms with E-state index in [1.165, 1.54) is 5.56 Å². The van der Waals surface area contributed by atoms with Crippen molar-refractivity contribution >= 4 is 11.6 Å². The summed E-state index contributed by atoms with van der Waals surface area (Å²) < 4.78 is 1.93. The molecule has 90 valence electrons. The van der Waals surface area contributed by atoms with E-state index in [1.54, 1.807) is 6.20 Å². The topological polar surface area (TPSA) is 43.8 Å². The van der Waals surface area contributed by atoms with E-state index in [9.17, 15) is 0 Å². The van der Waals surface area contributed by atoms with Crippen LogP contribution in [0.4, 0.5) is 0 Å². The van der Waals surface area contributed by atoms with Gasteiger partial charge in [-0.1, -0.05) is 23.7 Å². The van der Waals surface area contributed by atoms with E-state index in [0.29, 0.717) is 0 Å². The van der Waals surface area contributed by atoms with E-state index in [-0.39, 0.29) is 6.04 Å². The largest absolute Gasteiger partial charge is 0.322 e. The minimum absolute atomic E-state index is 0.0291. The Balaban J connectivity index is 2.11. The van der Waals surface area contributed by atoms with Gasteiger partial charge in [0.1, 0.15) is 0 Å². The van der Waals surface area contributed by atoms with Crippen molar-refractivity contribution in [3.05, 3.63) is 52.8 Å². The first-order chi connectivity index (χ1) is 8.20. The van der Waals surface area contributed by atoms with Crippen LogP contribution in [-0.2, 0) is 13.0 Å². The van der Waals surface area contributed by atoms with E-state index in [2.05, 4.69) is 12.0 Å². The number of nitrogens with two attached hydrogens (primary N) is 1. The molecule has 0 fully saturated rings. The van der Waals surface area contributed by atoms with Crippen molar-refractivity contribution in [1.29, 1.82) is 0 Å². The molecule has 2 rings (SSSR count). The molecule has 1 unspecified atom stereocenters. The van der Waals surface area contributed by atoms with E-state index < -0.39 is 0 Å². The molecule has 4 heteroatoms. The number of rotatable bonds is 4. The molecule has 2 aromatic rings. The summed E-state index contributed by atoms with van der Waals surface area (Å²) in [4.78, 5) is 0. The summed E-state index contributed by atoms with van der Waals surface area (Å²) in [5.41, 5.74) is 8.45. The summed E-state index contributed by atoms with van der Waals surface area (Å²) in [6, 6.07) is 9.74. The van der Waals surface area contributed by atoms with Crippen molar-refractivity contribution in [2.24, 2.45) is 5.73 Å². The molecule has 3 nitrogen and oxygen atoms in total. The lowest BCUT2D eigenvalue weighted by Gasteiger charge is -2.13. The van der Waals surface area contributed by atoms with E-state index in [0.717, 1.165) is 23.7 Å². The van der Waals surface area contributed by atoms with Crippen LogP contribution >= 0.6 is 11.6 Å². The number of aromatic nitrogens is 2. The van der Waals surface area contributed by atoms with Crippen LogP contribution in [0.15, 0.2) is 36.5 Å². The Morgan fingerprint density at radius 2 is 2.00 bits per heavy atom. The van der Waals surface area contributed by atoms with Crippen LogP contribution in [0.3, 0.4) is 0 Å². The van der Waals surface area contributed by atoms with Crippen molar-refractivity contribution in [1.82, 2.24) is 9.78 Å². The Labute approximate surface area is 106 Å². The first-order valence-corrected chi connectivity index (χ1v) is 6.10. The highest BCUT2D eigenvalue weighted by molar-refractivity contribution is 6.30. The minimum atomic E-state index is -0.0291. The van der Waals surface area contributed by atoms with Gasteiger partial charge in [-0.15, -0.1) is 0 Å². The monoisotopic (exact) mass is 249 g/mol. The first kappa shape index (κ1) is 12.1. The molecular formula is C13H16ClN3. The molecule has 0 saturated carbocycles. The van der Waals surface area contributed by atoms with Gasteiger partial charge in [-0.2, -0.15) is 5.10 Å². The normalized spacial score (nSPS) is 12.6. The molecule has 2 N–H and O–H groups in total. The Morgan fingerprint density at radius 1 is 1.29 bits per heavy atom. The Bertz CT molecular complexity index is 476. The average molecular weight is 250 g/mol. The van der Waals surface area contributed by atoms with Gasteiger partial charge in [-0.05, 0) is 37.1 Å². The lowest BCUT2D eigenvalue weighted by atomic mass is 10.0. The van der Waals surface area contributed by atoms with Gasteiger partial charge in [-0.3, -0.25) is 4.68 Å². The van der Waals surface area contributed by atoms with Crippen LogP contribution in [0.25, 0.3) is 0 Å². The molecule has 0 aliphatic rings. The molecule has 0 bridgehead atoms. The van der Waals surface area contributed by atoms with Gasteiger partial charge in [0, 0.05) is 17.8 Å². The van der Waals surface area contributed by atoms with Crippen molar-refractivity contribution in [3.63, 3.8) is 0 Å². The maximum absolute atomic E-state index is 6.19. The van der Waals surface area contributed by atoms with Gasteiger partial charge >= 0.3 is 0 Å². The third-order valence-corrected chi connectivity index (χ3v) is 3.05. The second-order valence-corrected chi connectivity index (χ2v) is 4.45. The summed E-state index contributed by atoms with van der Waals surface area (Å²) in [6.07, 6.45) is 2.59. The quantitative estimate of drug-likeness (QED) is 0.906. The molecule has 0 spiro atoms. The fraction of sp³-hybridized carbons (Fsp3) is 0.308. The molecule has 0 amide bonds. The fourth-order valence-corrected chi connectivity index (χ4v) is 2.03. The molecule has 0 saturated heterocycles. The zero-order valence-electron chi connectivity index (χ0n) is 9.81. The zero-order valence-corrected chi connectivity index (χ0v) is 10.6. The van der Waals surface area contributed by atoms with Crippen LogP contribution in [0.5, 0.6) is 0 Å². The number of hydrogen-bond donors (Lipinski definition) is 1. The smallest absolute Gasteiger partial charge is 0.0554 e. The van der Waals surface area contributed by atoms with Gasteiger partial charge in [0.25, 0.3) is 0 Å². The third kappa shape index (κ3) is 2.87. The van der Waals surface area contributed by atoms with E-state index in [1.807, 2.05) is 35.0 Å². The van der Waals surface area contributed by atoms with Gasteiger partial charge in [0.15, 0.2) is 0 Å². The highest BCUT2D eigenvalue weighted by atomic mass is 35.5. The second-order valence-electron chi connectivity index (χ2n) is 4.01. The molecule has 0 aliphatic heterocycles. The summed E-state index contributed by atoms with van der Waals surface area (Å²) >= 11 is 5.85. The molecule has 1 heterocycles. The minimum Gasteiger partial charge on any atom is -0.322 e. The van der Waals surface area contributed by atoms with Crippen molar-refractivity contribution in [2.75, 3.05) is 0 Å². The fourth-order valence-electron chi connectivity index (χ4n) is 1.90. The predicted octanol–water partition coefficient (Wildman–Crippen LogP) is 2.80. The van der Waals surface area contributed by atoms with Crippen LogP contribution in [0, 0.1) is 0 Å². The molecule has 17 heavy (non-hydrogen) atoms. The summed E-state index contributed by atoms with van der Waals surface area (Å²) in [5, 5.41) is 4.98. The predicted molar refractivity (Wildman–Crippen MR) is 70.0 cm³/mol. The zero-order chi connectivity index (χ0) is 12.3. The lowest BCUT2D eigenvalue weighted by Crippen LogP contribution is -2.18. The molecule has 1 atom stereocenters. The maximum atomic E-state index is 6.19. The van der Waals surface area contributed by atoms with Crippen LogP contribution in [0.2, 0.25) is 5.02 Å². The van der Waals surface area contributed by atoms with Gasteiger partial charge < -0.3 is 5.73 Å². The van der Waals surface area contributed by atoms with Crippen LogP contribution in [0.1, 0.15) is 24.2 Å². The summed E-state index contributed by atoms with van der Waals surface area (Å²) in [5.74, 6) is 0. The van der Waals surface area contributed by atoms with Gasteiger partial charge in [-0.25, -0.2) is 0 Å². The first-order valence-electron chi connectivity index (χ1n) is 5.72. The van der Waals surface area contributed by atoms with Crippen molar-refractivity contribution in [3.8, 4) is 0 Å². The van der Waals surface area contributed by atoms with Crippen LogP contribution in [-0.4, -0.2) is 9.78 Å². The number of halogens is 1. The lowest BCUT2D eigenvalue weighted by molar-refractivity contribution is 0.568. The Kier molecular flexibility index (Phi) is 3.82. The number of benzene rings is 1. The number of aryl methyl sites for hydroxylation is 1. The molecule has 0 aliphatic carbocycles. The molecular weight excluding hydrogens is 234 g/mol. The van der Waals surface area contributed by atoms with Gasteiger partial charge in [0.2, 0.25) is 0 Å². The second kappa shape index (κ2) is 5.34. The third-order valence-electron chi connectivity index (χ3n) is 2.80. The molecule has 1 aromatic carbocycles. The standard InChI is InChI=1S/C13H16ClN3/c1-2-17-13(7-8-16-17)12(15)9-10-3-5-11(14)6-4-10/h3-8,12H,2,9,15H2,1H3. The van der Waals surface area contributed by atoms with E-state index in [4.69, 9.17) is 17.3 Å². The van der Waals surface area contributed by atoms with Crippen molar-refractivity contribution < 1.29 is 0 Å². The molecule has 1 aromatic heterocycles. The summed E-state index contributed by atoms with van der Waals surface area (Å²) in [7, 11) is 0. The number of hydrogen-bond acceptors (Lipinski definition) is 2. The van der Waals surface area contributed by atoms with Crippen molar-refractivity contribution in [2.45, 2.75) is 25.9 Å². The van der Waals surface area contributed by atoms with Crippen LogP contribution < -0.4 is 5.73 Å².